The fourth-order valence-electron chi connectivity index (χ4n) is 2.13. The van der Waals surface area contributed by atoms with Crippen molar-refractivity contribution in [1.29, 1.82) is 0 Å². The van der Waals surface area contributed by atoms with E-state index in [-0.39, 0.29) is 11.5 Å². The van der Waals surface area contributed by atoms with Crippen LogP contribution < -0.4 is 4.72 Å². The molecule has 0 amide bonds. The Morgan fingerprint density at radius 1 is 1.45 bits per heavy atom. The number of hydrogen-bond acceptors (Lipinski definition) is 4. The normalized spacial score (nSPS) is 15.7. The van der Waals surface area contributed by atoms with E-state index < -0.39 is 10.0 Å². The molecule has 0 spiro atoms. The first kappa shape index (κ1) is 13.8. The van der Waals surface area contributed by atoms with E-state index in [2.05, 4.69) is 4.72 Å². The lowest BCUT2D eigenvalue weighted by Gasteiger charge is -2.04. The highest BCUT2D eigenvalue weighted by atomic mass is 32.2. The predicted octanol–water partition coefficient (Wildman–Crippen LogP) is 1.86. The standard InChI is InChI=1S/C13H16N2O3S2/c16-9-11-6-13(8-15(11)10-3-4-10)20(17,18)14-7-12-2-1-5-19-12/h1-2,5-6,8,10,14,16H,3-4,7,9H2. The molecule has 20 heavy (non-hydrogen) atoms. The monoisotopic (exact) mass is 312 g/mol. The van der Waals surface area contributed by atoms with Gasteiger partial charge in [-0.25, -0.2) is 13.1 Å². The van der Waals surface area contributed by atoms with Crippen LogP contribution in [-0.2, 0) is 23.2 Å². The first-order chi connectivity index (χ1) is 9.60. The molecule has 0 saturated heterocycles. The zero-order valence-corrected chi connectivity index (χ0v) is 12.5. The number of aliphatic hydroxyl groups excluding tert-OH is 1. The van der Waals surface area contributed by atoms with Crippen LogP contribution in [0, 0.1) is 0 Å². The Kier molecular flexibility index (Phi) is 3.68. The Balaban J connectivity index is 1.79. The summed E-state index contributed by atoms with van der Waals surface area (Å²) >= 11 is 1.51. The van der Waals surface area contributed by atoms with Gasteiger partial charge in [0, 0.05) is 29.4 Å². The third-order valence-electron chi connectivity index (χ3n) is 3.34. The smallest absolute Gasteiger partial charge is 0.242 e. The minimum absolute atomic E-state index is 0.142. The third-order valence-corrected chi connectivity index (χ3v) is 5.58. The van der Waals surface area contributed by atoms with Crippen molar-refractivity contribution in [3.63, 3.8) is 0 Å². The van der Waals surface area contributed by atoms with Crippen molar-refractivity contribution in [3.8, 4) is 0 Å². The lowest BCUT2D eigenvalue weighted by Crippen LogP contribution is -2.22. The molecule has 2 aromatic rings. The number of hydrogen-bond donors (Lipinski definition) is 2. The van der Waals surface area contributed by atoms with E-state index >= 15 is 0 Å². The van der Waals surface area contributed by atoms with Crippen LogP contribution in [-0.4, -0.2) is 18.1 Å². The molecule has 0 radical (unpaired) electrons. The van der Waals surface area contributed by atoms with Crippen LogP contribution in [0.5, 0.6) is 0 Å². The molecule has 0 unspecified atom stereocenters. The van der Waals surface area contributed by atoms with Gasteiger partial charge in [-0.2, -0.15) is 0 Å². The Hall–Kier alpha value is -1.15. The largest absolute Gasteiger partial charge is 0.390 e. The van der Waals surface area contributed by atoms with Crippen LogP contribution in [0.25, 0.3) is 0 Å². The molecule has 0 aliphatic heterocycles. The van der Waals surface area contributed by atoms with Crippen LogP contribution in [0.15, 0.2) is 34.7 Å². The molecule has 108 valence electrons. The van der Waals surface area contributed by atoms with Crippen molar-refractivity contribution in [2.45, 2.75) is 36.9 Å². The van der Waals surface area contributed by atoms with E-state index in [4.69, 9.17) is 0 Å². The van der Waals surface area contributed by atoms with E-state index in [1.807, 2.05) is 22.1 Å². The molecule has 1 fully saturated rings. The maximum absolute atomic E-state index is 12.3. The lowest BCUT2D eigenvalue weighted by atomic mass is 10.4. The molecular formula is C13H16N2O3S2. The number of aromatic nitrogens is 1. The molecule has 7 heteroatoms. The van der Waals surface area contributed by atoms with E-state index in [0.29, 0.717) is 18.3 Å². The first-order valence-corrected chi connectivity index (χ1v) is 8.80. The molecular weight excluding hydrogens is 296 g/mol. The van der Waals surface area contributed by atoms with Crippen molar-refractivity contribution < 1.29 is 13.5 Å². The van der Waals surface area contributed by atoms with E-state index in [9.17, 15) is 13.5 Å². The lowest BCUT2D eigenvalue weighted by molar-refractivity contribution is 0.270. The first-order valence-electron chi connectivity index (χ1n) is 6.44. The van der Waals surface area contributed by atoms with Crippen LogP contribution in [0.3, 0.4) is 0 Å². The number of nitrogens with zero attached hydrogens (tertiary/aromatic N) is 1. The summed E-state index contributed by atoms with van der Waals surface area (Å²) in [7, 11) is -3.53. The summed E-state index contributed by atoms with van der Waals surface area (Å²) in [5, 5.41) is 11.2. The highest BCUT2D eigenvalue weighted by Crippen LogP contribution is 2.37. The van der Waals surface area contributed by atoms with Gasteiger partial charge in [0.15, 0.2) is 0 Å². The molecule has 1 saturated carbocycles. The highest BCUT2D eigenvalue weighted by Gasteiger charge is 2.27. The Bertz CT molecular complexity index is 685. The van der Waals surface area contributed by atoms with Gasteiger partial charge >= 0.3 is 0 Å². The molecule has 0 aromatic carbocycles. The molecule has 1 aliphatic rings. The minimum Gasteiger partial charge on any atom is -0.390 e. The van der Waals surface area contributed by atoms with Crippen molar-refractivity contribution in [2.75, 3.05) is 0 Å². The topological polar surface area (TPSA) is 71.3 Å². The van der Waals surface area contributed by atoms with Crippen LogP contribution in [0.4, 0.5) is 0 Å². The third kappa shape index (κ3) is 2.80. The Morgan fingerprint density at radius 3 is 2.85 bits per heavy atom. The molecule has 0 atom stereocenters. The second-order valence-corrected chi connectivity index (χ2v) is 7.67. The average Bonchev–Trinajstić information content (AvgIpc) is 2.98. The van der Waals surface area contributed by atoms with Crippen molar-refractivity contribution in [1.82, 2.24) is 9.29 Å². The van der Waals surface area contributed by atoms with Crippen molar-refractivity contribution in [2.24, 2.45) is 0 Å². The van der Waals surface area contributed by atoms with Gasteiger partial charge in [0.05, 0.1) is 11.5 Å². The van der Waals surface area contributed by atoms with E-state index in [0.717, 1.165) is 17.7 Å². The number of thiophene rings is 1. The van der Waals surface area contributed by atoms with E-state index in [1.54, 1.807) is 12.3 Å². The van der Waals surface area contributed by atoms with Gasteiger partial charge in [-0.15, -0.1) is 11.3 Å². The Labute approximate surface area is 121 Å². The fraction of sp³-hybridized carbons (Fsp3) is 0.385. The molecule has 1 aliphatic carbocycles. The number of nitrogens with one attached hydrogen (secondary N) is 1. The average molecular weight is 312 g/mol. The van der Waals surface area contributed by atoms with Crippen LogP contribution >= 0.6 is 11.3 Å². The summed E-state index contributed by atoms with van der Waals surface area (Å²) in [6, 6.07) is 5.68. The van der Waals surface area contributed by atoms with Gasteiger partial charge in [-0.05, 0) is 30.4 Å². The van der Waals surface area contributed by atoms with Gasteiger partial charge in [0.2, 0.25) is 10.0 Å². The highest BCUT2D eigenvalue weighted by molar-refractivity contribution is 7.89. The summed E-state index contributed by atoms with van der Waals surface area (Å²) in [5.74, 6) is 0. The quantitative estimate of drug-likeness (QED) is 0.855. The maximum Gasteiger partial charge on any atom is 0.242 e. The molecule has 2 heterocycles. The number of rotatable bonds is 6. The summed E-state index contributed by atoms with van der Waals surface area (Å²) in [5.41, 5.74) is 0.656. The fourth-order valence-corrected chi connectivity index (χ4v) is 3.92. The minimum atomic E-state index is -3.53. The summed E-state index contributed by atoms with van der Waals surface area (Å²) < 4.78 is 29.0. The molecule has 5 nitrogen and oxygen atoms in total. The second-order valence-electron chi connectivity index (χ2n) is 4.87. The summed E-state index contributed by atoms with van der Waals surface area (Å²) in [4.78, 5) is 1.20. The van der Waals surface area contributed by atoms with Crippen LogP contribution in [0.1, 0.15) is 29.5 Å². The second kappa shape index (κ2) is 5.33. The molecule has 0 bridgehead atoms. The molecule has 2 N–H and O–H groups in total. The summed E-state index contributed by atoms with van der Waals surface area (Å²) in [6.45, 7) is 0.153. The van der Waals surface area contributed by atoms with E-state index in [1.165, 1.54) is 11.3 Å². The van der Waals surface area contributed by atoms with Gasteiger partial charge in [0.1, 0.15) is 0 Å². The maximum atomic E-state index is 12.3. The molecule has 3 rings (SSSR count). The van der Waals surface area contributed by atoms with Gasteiger partial charge in [-0.1, -0.05) is 6.07 Å². The van der Waals surface area contributed by atoms with Gasteiger partial charge in [-0.3, -0.25) is 0 Å². The van der Waals surface area contributed by atoms with Gasteiger partial charge < -0.3 is 9.67 Å². The van der Waals surface area contributed by atoms with Crippen LogP contribution in [0.2, 0.25) is 0 Å². The van der Waals surface area contributed by atoms with Gasteiger partial charge in [0.25, 0.3) is 0 Å². The van der Waals surface area contributed by atoms with Crippen molar-refractivity contribution >= 4 is 21.4 Å². The zero-order valence-electron chi connectivity index (χ0n) is 10.8. The molecule has 2 aromatic heterocycles. The Morgan fingerprint density at radius 2 is 2.25 bits per heavy atom. The SMILES string of the molecule is O=S(=O)(NCc1cccs1)c1cc(CO)n(C2CC2)c1. The number of aliphatic hydroxyl groups is 1. The summed E-state index contributed by atoms with van der Waals surface area (Å²) in [6.07, 6.45) is 3.72. The predicted molar refractivity (Wildman–Crippen MR) is 77.0 cm³/mol. The van der Waals surface area contributed by atoms with Crippen molar-refractivity contribution in [3.05, 3.63) is 40.3 Å². The number of sulfonamides is 1. The zero-order chi connectivity index (χ0) is 14.2.